The van der Waals surface area contributed by atoms with Gasteiger partial charge in [-0.05, 0) is 70.7 Å². The van der Waals surface area contributed by atoms with Crippen molar-refractivity contribution in [3.8, 4) is 17.0 Å². The van der Waals surface area contributed by atoms with Crippen molar-refractivity contribution in [2.75, 3.05) is 6.61 Å². The molecule has 0 saturated carbocycles. The minimum Gasteiger partial charge on any atom is -0.490 e. The summed E-state index contributed by atoms with van der Waals surface area (Å²) in [5, 5.41) is 17.2. The lowest BCUT2D eigenvalue weighted by atomic mass is 9.91. The topological polar surface area (TPSA) is 115 Å². The molecule has 0 radical (unpaired) electrons. The Kier molecular flexibility index (Phi) is 8.34. The molecule has 2 aromatic heterocycles. The molecule has 1 unspecified atom stereocenters. The molecule has 45 heavy (non-hydrogen) atoms. The third kappa shape index (κ3) is 6.35. The zero-order chi connectivity index (χ0) is 32.8. The third-order valence-corrected chi connectivity index (χ3v) is 7.47. The van der Waals surface area contributed by atoms with Gasteiger partial charge in [-0.15, -0.1) is 0 Å². The van der Waals surface area contributed by atoms with Gasteiger partial charge in [0.2, 0.25) is 0 Å². The molecule has 3 heterocycles. The minimum absolute atomic E-state index is 0.110. The van der Waals surface area contributed by atoms with Gasteiger partial charge in [-0.25, -0.2) is 18.7 Å². The summed E-state index contributed by atoms with van der Waals surface area (Å²) >= 11 is 0. The Hall–Kier alpha value is -4.52. The number of carboxylic acid groups (broad SMARTS) is 1. The van der Waals surface area contributed by atoms with E-state index >= 15 is 4.39 Å². The summed E-state index contributed by atoms with van der Waals surface area (Å²) in [7, 11) is 0. The van der Waals surface area contributed by atoms with Gasteiger partial charge in [0, 0.05) is 35.0 Å². The Labute approximate surface area is 256 Å². The van der Waals surface area contributed by atoms with E-state index in [9.17, 15) is 27.9 Å². The van der Waals surface area contributed by atoms with E-state index in [4.69, 9.17) is 9.47 Å². The second-order valence-corrected chi connectivity index (χ2v) is 11.8. The van der Waals surface area contributed by atoms with E-state index < -0.39 is 47.7 Å². The zero-order valence-electron chi connectivity index (χ0n) is 25.3. The number of carbonyl (C=O) groups is 2. The van der Waals surface area contributed by atoms with Crippen molar-refractivity contribution in [2.45, 2.75) is 71.9 Å². The van der Waals surface area contributed by atoms with Crippen LogP contribution in [0.25, 0.3) is 16.9 Å². The van der Waals surface area contributed by atoms with Crippen LogP contribution in [0.3, 0.4) is 0 Å². The molecule has 0 spiro atoms. The van der Waals surface area contributed by atoms with E-state index in [1.807, 2.05) is 0 Å². The summed E-state index contributed by atoms with van der Waals surface area (Å²) in [6, 6.07) is 7.46. The standard InChI is InChI=1S/C32H32F4N4O5/c1-16-19-10-8-12-44-27(19)22(33)13-20(16)26-25(28(30(42)43)45-31(3,4)5)17(2)38-24-14-23(39-40(24)26)29(41)37-15-18-9-6-7-11-21(18)32(34,35)36/h6-7,9,11,13-14,28H,8,10,12,15H2,1-5H3,(H,37,41)(H,42,43). The molecule has 1 amide bonds. The maximum atomic E-state index is 15.5. The van der Waals surface area contributed by atoms with Crippen molar-refractivity contribution in [2.24, 2.45) is 0 Å². The first kappa shape index (κ1) is 31.9. The van der Waals surface area contributed by atoms with E-state index in [-0.39, 0.29) is 39.6 Å². The van der Waals surface area contributed by atoms with Gasteiger partial charge < -0.3 is 19.9 Å². The smallest absolute Gasteiger partial charge is 0.416 e. The fraction of sp³-hybridized carbons (Fsp3) is 0.375. The van der Waals surface area contributed by atoms with Gasteiger partial charge in [0.05, 0.1) is 23.5 Å². The molecule has 1 atom stereocenters. The second-order valence-electron chi connectivity index (χ2n) is 11.8. The average molecular weight is 629 g/mol. The van der Waals surface area contributed by atoms with Gasteiger partial charge in [-0.2, -0.15) is 18.3 Å². The highest BCUT2D eigenvalue weighted by atomic mass is 19.4. The van der Waals surface area contributed by atoms with Gasteiger partial charge in [0.1, 0.15) is 0 Å². The number of aryl methyl sites for hydroxylation is 1. The zero-order valence-corrected chi connectivity index (χ0v) is 25.3. The van der Waals surface area contributed by atoms with Crippen molar-refractivity contribution in [1.82, 2.24) is 19.9 Å². The Morgan fingerprint density at radius 2 is 1.87 bits per heavy atom. The second kappa shape index (κ2) is 11.8. The molecular formula is C32H32F4N4O5. The lowest BCUT2D eigenvalue weighted by Crippen LogP contribution is -2.29. The number of nitrogens with zero attached hydrogens (tertiary/aromatic N) is 3. The van der Waals surface area contributed by atoms with Crippen molar-refractivity contribution in [3.63, 3.8) is 0 Å². The summed E-state index contributed by atoms with van der Waals surface area (Å²) < 4.78 is 68.8. The quantitative estimate of drug-likeness (QED) is 0.229. The highest BCUT2D eigenvalue weighted by Crippen LogP contribution is 2.41. The van der Waals surface area contributed by atoms with Crippen LogP contribution >= 0.6 is 0 Å². The molecule has 2 aromatic carbocycles. The first-order valence-corrected chi connectivity index (χ1v) is 14.3. The molecule has 2 N–H and O–H groups in total. The normalized spacial score (nSPS) is 14.2. The summed E-state index contributed by atoms with van der Waals surface area (Å²) in [6.45, 7) is 8.36. The molecule has 4 aromatic rings. The van der Waals surface area contributed by atoms with Crippen LogP contribution in [0.2, 0.25) is 0 Å². The molecule has 238 valence electrons. The van der Waals surface area contributed by atoms with Crippen LogP contribution in [-0.2, 0) is 28.7 Å². The number of benzene rings is 2. The van der Waals surface area contributed by atoms with Gasteiger partial charge in [-0.1, -0.05) is 18.2 Å². The van der Waals surface area contributed by atoms with E-state index in [1.165, 1.54) is 34.8 Å². The Morgan fingerprint density at radius 1 is 1.16 bits per heavy atom. The number of nitrogens with one attached hydrogen (secondary N) is 1. The van der Waals surface area contributed by atoms with Gasteiger partial charge >= 0.3 is 12.1 Å². The van der Waals surface area contributed by atoms with Crippen LogP contribution < -0.4 is 10.1 Å². The van der Waals surface area contributed by atoms with Gasteiger partial charge in [0.25, 0.3) is 5.91 Å². The number of rotatable bonds is 7. The molecule has 1 aliphatic rings. The summed E-state index contributed by atoms with van der Waals surface area (Å²) in [5.74, 6) is -2.62. The number of fused-ring (bicyclic) bond motifs is 2. The van der Waals surface area contributed by atoms with Crippen LogP contribution in [0.15, 0.2) is 36.4 Å². The summed E-state index contributed by atoms with van der Waals surface area (Å²) in [5.41, 5.74) is 0.0998. The number of aromatic nitrogens is 3. The van der Waals surface area contributed by atoms with E-state index in [1.54, 1.807) is 34.6 Å². The SMILES string of the molecule is Cc1nc2cc(C(=O)NCc3ccccc3C(F)(F)F)nn2c(-c2cc(F)c3c(c2C)CCCO3)c1C(OC(C)(C)C)C(=O)O. The van der Waals surface area contributed by atoms with Crippen LogP contribution in [0.5, 0.6) is 5.75 Å². The Morgan fingerprint density at radius 3 is 2.53 bits per heavy atom. The maximum absolute atomic E-state index is 15.5. The maximum Gasteiger partial charge on any atom is 0.416 e. The fourth-order valence-electron chi connectivity index (χ4n) is 5.52. The van der Waals surface area contributed by atoms with Crippen molar-refractivity contribution in [1.29, 1.82) is 0 Å². The van der Waals surface area contributed by atoms with Crippen LogP contribution in [-0.4, -0.2) is 43.8 Å². The lowest BCUT2D eigenvalue weighted by Gasteiger charge is -2.28. The van der Waals surface area contributed by atoms with Crippen LogP contribution in [0.1, 0.15) is 77.3 Å². The van der Waals surface area contributed by atoms with E-state index in [2.05, 4.69) is 15.4 Å². The number of alkyl halides is 3. The van der Waals surface area contributed by atoms with Gasteiger partial charge in [-0.3, -0.25) is 4.79 Å². The van der Waals surface area contributed by atoms with E-state index in [0.717, 1.165) is 6.07 Å². The van der Waals surface area contributed by atoms with Crippen molar-refractivity contribution in [3.05, 3.63) is 81.4 Å². The third-order valence-electron chi connectivity index (χ3n) is 7.47. The molecule has 0 bridgehead atoms. The van der Waals surface area contributed by atoms with Crippen molar-refractivity contribution < 1.29 is 41.7 Å². The number of hydrogen-bond donors (Lipinski definition) is 2. The molecule has 1 aliphatic heterocycles. The highest BCUT2D eigenvalue weighted by molar-refractivity contribution is 5.93. The highest BCUT2D eigenvalue weighted by Gasteiger charge is 2.35. The number of halogens is 4. The largest absolute Gasteiger partial charge is 0.490 e. The average Bonchev–Trinajstić information content (AvgIpc) is 3.39. The molecule has 0 fully saturated rings. The number of carbonyl (C=O) groups excluding carboxylic acids is 1. The number of amides is 1. The van der Waals surface area contributed by atoms with Gasteiger partial charge in [0.15, 0.2) is 29.0 Å². The first-order valence-electron chi connectivity index (χ1n) is 14.3. The Bertz CT molecular complexity index is 1810. The number of hydrogen-bond acceptors (Lipinski definition) is 6. The molecule has 0 aliphatic carbocycles. The molecule has 0 saturated heterocycles. The van der Waals surface area contributed by atoms with Crippen LogP contribution in [0.4, 0.5) is 17.6 Å². The minimum atomic E-state index is -4.61. The molecular weight excluding hydrogens is 596 g/mol. The summed E-state index contributed by atoms with van der Waals surface area (Å²) in [4.78, 5) is 30.4. The molecule has 5 rings (SSSR count). The Balaban J connectivity index is 1.68. The predicted molar refractivity (Wildman–Crippen MR) is 155 cm³/mol. The van der Waals surface area contributed by atoms with E-state index in [0.29, 0.717) is 36.1 Å². The monoisotopic (exact) mass is 628 g/mol. The number of aliphatic carboxylic acids is 1. The predicted octanol–water partition coefficient (Wildman–Crippen LogP) is 6.37. The number of ether oxygens (including phenoxy) is 2. The lowest BCUT2D eigenvalue weighted by molar-refractivity contribution is -0.160. The molecule has 9 nitrogen and oxygen atoms in total. The first-order chi connectivity index (χ1) is 21.1. The fourth-order valence-corrected chi connectivity index (χ4v) is 5.52. The summed E-state index contributed by atoms with van der Waals surface area (Å²) in [6.07, 6.45) is -4.98. The van der Waals surface area contributed by atoms with Crippen LogP contribution in [0, 0.1) is 19.7 Å². The number of carboxylic acids is 1. The molecule has 13 heteroatoms. The van der Waals surface area contributed by atoms with Crippen molar-refractivity contribution >= 4 is 17.5 Å².